The Hall–Kier alpha value is -1.92. The molecule has 25 heavy (non-hydrogen) atoms. The molecule has 7 nitrogen and oxygen atoms in total. The van der Waals surface area contributed by atoms with Crippen molar-refractivity contribution in [2.45, 2.75) is 6.42 Å². The average Bonchev–Trinajstić information content (AvgIpc) is 3.22. The fraction of sp³-hybridized carbons (Fsp3) is 0.500. The third-order valence-electron chi connectivity index (χ3n) is 3.68. The first kappa shape index (κ1) is 19.4. The average molecular weight is 382 g/mol. The molecule has 9 heteroatoms. The van der Waals surface area contributed by atoms with E-state index in [2.05, 4.69) is 11.0 Å². The van der Waals surface area contributed by atoms with Gasteiger partial charge in [-0.2, -0.15) is 5.26 Å². The molecule has 2 aliphatic rings. The Balaban J connectivity index is 2.10. The number of nitrogens with zero attached hydrogens (tertiary/aromatic N) is 3. The van der Waals surface area contributed by atoms with Crippen LogP contribution in [0.1, 0.15) is 6.42 Å². The fourth-order valence-electron chi connectivity index (χ4n) is 2.45. The smallest absolute Gasteiger partial charge is 0.309 e. The number of hydrogen-bond acceptors (Lipinski definition) is 7. The van der Waals surface area contributed by atoms with Gasteiger partial charge in [-0.25, -0.2) is 4.58 Å². The summed E-state index contributed by atoms with van der Waals surface area (Å²) in [6.07, 6.45) is 3.76. The fourth-order valence-corrected chi connectivity index (χ4v) is 4.64. The van der Waals surface area contributed by atoms with E-state index < -0.39 is 5.97 Å². The predicted octanol–water partition coefficient (Wildman–Crippen LogP) is 1.13. The SMILES string of the molecule is N#CC(=C\C1=[N+](CCC(=O)O)CCS1)/C=C1/SCCN1CCOC=O. The Morgan fingerprint density at radius 3 is 3.00 bits per heavy atom. The first-order chi connectivity index (χ1) is 12.1. The lowest BCUT2D eigenvalue weighted by Crippen LogP contribution is -2.23. The molecule has 0 unspecified atom stereocenters. The van der Waals surface area contributed by atoms with E-state index in [1.807, 2.05) is 16.7 Å². The lowest BCUT2D eigenvalue weighted by molar-refractivity contribution is -0.516. The van der Waals surface area contributed by atoms with Crippen molar-refractivity contribution < 1.29 is 24.0 Å². The second kappa shape index (κ2) is 10.2. The van der Waals surface area contributed by atoms with Crippen LogP contribution in [0.2, 0.25) is 0 Å². The summed E-state index contributed by atoms with van der Waals surface area (Å²) < 4.78 is 6.75. The lowest BCUT2D eigenvalue weighted by Gasteiger charge is -2.17. The zero-order chi connectivity index (χ0) is 18.1. The topological polar surface area (TPSA) is 93.6 Å². The molecule has 134 valence electrons. The zero-order valence-corrected chi connectivity index (χ0v) is 15.4. The molecule has 0 radical (unpaired) electrons. The van der Waals surface area contributed by atoms with E-state index in [0.717, 1.165) is 34.7 Å². The van der Waals surface area contributed by atoms with Crippen LogP contribution in [0.25, 0.3) is 0 Å². The molecule has 0 bridgehead atoms. The zero-order valence-electron chi connectivity index (χ0n) is 13.7. The highest BCUT2D eigenvalue weighted by atomic mass is 32.2. The number of aliphatic carboxylic acids is 1. The van der Waals surface area contributed by atoms with Gasteiger partial charge in [0.25, 0.3) is 6.47 Å². The normalized spacial score (nSPS) is 19.4. The standard InChI is InChI=1S/C16H19N3O4S2/c17-11-13(9-14-18(4-7-24-14)2-1-16(21)22)10-15-19(5-8-25-15)3-6-23-12-20/h9-10,12H,1-8H2/p+1. The number of allylic oxidation sites excluding steroid dienone is 2. The summed E-state index contributed by atoms with van der Waals surface area (Å²) in [6.45, 7) is 3.46. The van der Waals surface area contributed by atoms with Gasteiger partial charge in [0.15, 0.2) is 13.1 Å². The minimum Gasteiger partial charge on any atom is -0.481 e. The third kappa shape index (κ3) is 6.14. The van der Waals surface area contributed by atoms with Gasteiger partial charge >= 0.3 is 5.97 Å². The first-order valence-corrected chi connectivity index (χ1v) is 9.84. The molecule has 0 amide bonds. The van der Waals surface area contributed by atoms with Gasteiger partial charge in [0, 0.05) is 18.4 Å². The van der Waals surface area contributed by atoms with E-state index in [1.54, 1.807) is 23.5 Å². The van der Waals surface area contributed by atoms with Crippen molar-refractivity contribution in [3.05, 3.63) is 22.8 Å². The summed E-state index contributed by atoms with van der Waals surface area (Å²) in [5.41, 5.74) is 0.537. The number of thioether (sulfide) groups is 2. The molecule has 1 saturated heterocycles. The molecule has 2 rings (SSSR count). The van der Waals surface area contributed by atoms with Crippen molar-refractivity contribution in [2.75, 3.05) is 44.3 Å². The van der Waals surface area contributed by atoms with Gasteiger partial charge in [-0.1, -0.05) is 11.8 Å². The van der Waals surface area contributed by atoms with Crippen molar-refractivity contribution >= 4 is 41.0 Å². The molecule has 1 N–H and O–H groups in total. The van der Waals surface area contributed by atoms with E-state index in [0.29, 0.717) is 31.7 Å². The van der Waals surface area contributed by atoms with Gasteiger partial charge in [-0.3, -0.25) is 9.59 Å². The van der Waals surface area contributed by atoms with Gasteiger partial charge in [0.05, 0.1) is 29.0 Å². The monoisotopic (exact) mass is 382 g/mol. The number of hydrogen-bond donors (Lipinski definition) is 1. The molecular weight excluding hydrogens is 362 g/mol. The van der Waals surface area contributed by atoms with E-state index in [9.17, 15) is 14.9 Å². The summed E-state index contributed by atoms with van der Waals surface area (Å²) in [7, 11) is 0. The highest BCUT2D eigenvalue weighted by Crippen LogP contribution is 2.28. The second-order valence-electron chi connectivity index (χ2n) is 5.31. The van der Waals surface area contributed by atoms with Crippen molar-refractivity contribution in [3.8, 4) is 6.07 Å². The van der Waals surface area contributed by atoms with Crippen LogP contribution < -0.4 is 0 Å². The van der Waals surface area contributed by atoms with Crippen LogP contribution in [0.3, 0.4) is 0 Å². The van der Waals surface area contributed by atoms with Crippen LogP contribution in [-0.2, 0) is 14.3 Å². The van der Waals surface area contributed by atoms with Crippen LogP contribution in [0.5, 0.6) is 0 Å². The number of ether oxygens (including phenoxy) is 1. The maximum absolute atomic E-state index is 10.8. The highest BCUT2D eigenvalue weighted by molar-refractivity contribution is 8.14. The highest BCUT2D eigenvalue weighted by Gasteiger charge is 2.23. The quantitative estimate of drug-likeness (QED) is 0.275. The summed E-state index contributed by atoms with van der Waals surface area (Å²) in [6, 6.07) is 2.21. The van der Waals surface area contributed by atoms with Gasteiger partial charge in [-0.15, -0.1) is 11.8 Å². The summed E-state index contributed by atoms with van der Waals surface area (Å²) >= 11 is 3.30. The van der Waals surface area contributed by atoms with Crippen molar-refractivity contribution in [2.24, 2.45) is 0 Å². The molecule has 0 aromatic heterocycles. The van der Waals surface area contributed by atoms with E-state index >= 15 is 0 Å². The van der Waals surface area contributed by atoms with Gasteiger partial charge < -0.3 is 14.7 Å². The number of carboxylic acids is 1. The molecule has 0 atom stereocenters. The van der Waals surface area contributed by atoms with E-state index in [1.165, 1.54) is 0 Å². The van der Waals surface area contributed by atoms with E-state index in [-0.39, 0.29) is 6.42 Å². The Bertz CT molecular complexity index is 652. The number of carboxylic acid groups (broad SMARTS) is 1. The van der Waals surface area contributed by atoms with Crippen molar-refractivity contribution in [1.82, 2.24) is 4.90 Å². The maximum Gasteiger partial charge on any atom is 0.309 e. The van der Waals surface area contributed by atoms with Crippen LogP contribution >= 0.6 is 23.5 Å². The number of nitriles is 1. The van der Waals surface area contributed by atoms with Crippen molar-refractivity contribution in [3.63, 3.8) is 0 Å². The van der Waals surface area contributed by atoms with Crippen LogP contribution in [0, 0.1) is 11.3 Å². The lowest BCUT2D eigenvalue weighted by atomic mass is 10.2. The molecule has 0 saturated carbocycles. The largest absolute Gasteiger partial charge is 0.481 e. The molecule has 0 aromatic rings. The van der Waals surface area contributed by atoms with E-state index in [4.69, 9.17) is 9.84 Å². The Morgan fingerprint density at radius 1 is 1.44 bits per heavy atom. The van der Waals surface area contributed by atoms with Crippen molar-refractivity contribution in [1.29, 1.82) is 5.26 Å². The number of carbonyl (C=O) groups excluding carboxylic acids is 1. The minimum atomic E-state index is -0.821. The molecule has 0 aromatic carbocycles. The van der Waals surface area contributed by atoms with Gasteiger partial charge in [-0.05, 0) is 6.08 Å². The van der Waals surface area contributed by atoms with Gasteiger partial charge in [0.1, 0.15) is 13.0 Å². The maximum atomic E-state index is 10.8. The Labute approximate surface area is 155 Å². The molecule has 0 spiro atoms. The molecule has 2 aliphatic heterocycles. The third-order valence-corrected chi connectivity index (χ3v) is 5.79. The molecule has 0 aliphatic carbocycles. The summed E-state index contributed by atoms with van der Waals surface area (Å²) in [5.74, 6) is 1.00. The molecule has 1 fully saturated rings. The Morgan fingerprint density at radius 2 is 2.28 bits per heavy atom. The number of carbonyl (C=O) groups is 2. The second-order valence-corrected chi connectivity index (χ2v) is 7.54. The van der Waals surface area contributed by atoms with Crippen LogP contribution in [0.4, 0.5) is 0 Å². The van der Waals surface area contributed by atoms with Crippen LogP contribution in [-0.4, -0.2) is 76.4 Å². The minimum absolute atomic E-state index is 0.0846. The van der Waals surface area contributed by atoms with Gasteiger partial charge in [0.2, 0.25) is 5.04 Å². The van der Waals surface area contributed by atoms with Crippen LogP contribution in [0.15, 0.2) is 22.8 Å². The number of rotatable bonds is 9. The Kier molecular flexibility index (Phi) is 7.88. The summed E-state index contributed by atoms with van der Waals surface area (Å²) in [4.78, 5) is 23.1. The summed E-state index contributed by atoms with van der Waals surface area (Å²) in [5, 5.41) is 20.2. The molecule has 2 heterocycles. The predicted molar refractivity (Wildman–Crippen MR) is 97.5 cm³/mol. The molecular formula is C16H20N3O4S2+. The first-order valence-electron chi connectivity index (χ1n) is 7.87.